The van der Waals surface area contributed by atoms with E-state index in [2.05, 4.69) is 47.2 Å². The fourth-order valence-corrected chi connectivity index (χ4v) is 4.63. The third kappa shape index (κ3) is 4.09. The Bertz CT molecular complexity index is 828. The molecule has 2 aliphatic heterocycles. The van der Waals surface area contributed by atoms with Crippen LogP contribution in [0.1, 0.15) is 36.0 Å². The molecule has 1 aromatic heterocycles. The van der Waals surface area contributed by atoms with Crippen molar-refractivity contribution < 1.29 is 0 Å². The first-order valence-corrected chi connectivity index (χ1v) is 9.11. The molecule has 2 aromatic rings. The van der Waals surface area contributed by atoms with Crippen molar-refractivity contribution in [2.45, 2.75) is 39.7 Å². The molecule has 144 valence electrons. The Labute approximate surface area is 167 Å². The van der Waals surface area contributed by atoms with Gasteiger partial charge in [0.25, 0.3) is 5.56 Å². The van der Waals surface area contributed by atoms with Gasteiger partial charge in [0.15, 0.2) is 0 Å². The van der Waals surface area contributed by atoms with Gasteiger partial charge in [0.05, 0.1) is 5.52 Å². The van der Waals surface area contributed by atoms with Crippen LogP contribution in [0.5, 0.6) is 0 Å². The van der Waals surface area contributed by atoms with Gasteiger partial charge in [0.1, 0.15) is 0 Å². The Hall–Kier alpha value is -1.07. The molecule has 3 heterocycles. The summed E-state index contributed by atoms with van der Waals surface area (Å²) in [4.78, 5) is 18.1. The van der Waals surface area contributed by atoms with Crippen molar-refractivity contribution in [3.8, 4) is 0 Å². The van der Waals surface area contributed by atoms with Crippen molar-refractivity contribution >= 4 is 35.7 Å². The molecule has 0 bridgehead atoms. The molecule has 2 fully saturated rings. The lowest BCUT2D eigenvalue weighted by atomic mass is 9.80. The molecule has 4 rings (SSSR count). The van der Waals surface area contributed by atoms with Crippen LogP contribution in [0.4, 0.5) is 0 Å². The quantitative estimate of drug-likeness (QED) is 0.813. The second kappa shape index (κ2) is 8.30. The van der Waals surface area contributed by atoms with E-state index in [1.54, 1.807) is 0 Å². The van der Waals surface area contributed by atoms with Crippen LogP contribution in [0.3, 0.4) is 0 Å². The molecule has 2 saturated heterocycles. The number of H-pyrrole nitrogens is 1. The van der Waals surface area contributed by atoms with E-state index in [0.29, 0.717) is 5.41 Å². The van der Waals surface area contributed by atoms with Crippen molar-refractivity contribution in [2.75, 3.05) is 26.2 Å². The fraction of sp³-hybridized carbons (Fsp3) is 0.550. The van der Waals surface area contributed by atoms with Crippen LogP contribution in [0, 0.1) is 19.3 Å². The number of rotatable bonds is 2. The smallest absolute Gasteiger partial charge is 0.252 e. The lowest BCUT2D eigenvalue weighted by molar-refractivity contribution is 0.199. The molecular weight excluding hydrogens is 369 g/mol. The van der Waals surface area contributed by atoms with Crippen molar-refractivity contribution in [1.29, 1.82) is 0 Å². The van der Waals surface area contributed by atoms with Gasteiger partial charge in [-0.1, -0.05) is 11.6 Å². The minimum atomic E-state index is 0. The van der Waals surface area contributed by atoms with E-state index in [4.69, 9.17) is 0 Å². The zero-order chi connectivity index (χ0) is 16.7. The number of fused-ring (bicyclic) bond motifs is 1. The monoisotopic (exact) mass is 397 g/mol. The van der Waals surface area contributed by atoms with Gasteiger partial charge in [-0.2, -0.15) is 0 Å². The number of pyridine rings is 1. The Kier molecular flexibility index (Phi) is 6.78. The van der Waals surface area contributed by atoms with Gasteiger partial charge in [-0.05, 0) is 74.7 Å². The maximum atomic E-state index is 12.5. The van der Waals surface area contributed by atoms with Crippen molar-refractivity contribution in [2.24, 2.45) is 5.41 Å². The zero-order valence-electron chi connectivity index (χ0n) is 15.6. The minimum absolute atomic E-state index is 0. The Morgan fingerprint density at radius 1 is 1.15 bits per heavy atom. The maximum absolute atomic E-state index is 12.5. The van der Waals surface area contributed by atoms with Gasteiger partial charge < -0.3 is 10.3 Å². The van der Waals surface area contributed by atoms with Crippen molar-refractivity contribution in [3.63, 3.8) is 0 Å². The topological polar surface area (TPSA) is 48.1 Å². The normalized spacial score (nSPS) is 23.0. The van der Waals surface area contributed by atoms with Crippen LogP contribution in [-0.2, 0) is 6.54 Å². The number of aromatic amines is 1. The summed E-state index contributed by atoms with van der Waals surface area (Å²) in [6, 6.07) is 6.38. The summed E-state index contributed by atoms with van der Waals surface area (Å²) in [6.07, 6.45) is 3.86. The van der Waals surface area contributed by atoms with E-state index in [1.165, 1.54) is 24.8 Å². The number of aromatic nitrogens is 1. The van der Waals surface area contributed by atoms with Gasteiger partial charge in [-0.3, -0.25) is 9.69 Å². The summed E-state index contributed by atoms with van der Waals surface area (Å²) in [5.74, 6) is 0. The summed E-state index contributed by atoms with van der Waals surface area (Å²) in [5, 5.41) is 4.70. The number of hydrogen-bond acceptors (Lipinski definition) is 3. The van der Waals surface area contributed by atoms with Crippen LogP contribution in [-0.4, -0.2) is 36.1 Å². The predicted molar refractivity (Wildman–Crippen MR) is 113 cm³/mol. The number of likely N-dealkylation sites (tertiary alicyclic amines) is 1. The number of hydrogen-bond donors (Lipinski definition) is 2. The molecule has 1 atom stereocenters. The highest BCUT2D eigenvalue weighted by Gasteiger charge is 2.38. The lowest BCUT2D eigenvalue weighted by Crippen LogP contribution is -2.41. The average molecular weight is 398 g/mol. The van der Waals surface area contributed by atoms with Gasteiger partial charge in [0, 0.05) is 25.2 Å². The molecule has 0 aliphatic carbocycles. The maximum Gasteiger partial charge on any atom is 0.252 e. The first kappa shape index (κ1) is 21.2. The van der Waals surface area contributed by atoms with Crippen LogP contribution in [0.15, 0.2) is 23.0 Å². The molecule has 2 N–H and O–H groups in total. The summed E-state index contributed by atoms with van der Waals surface area (Å²) in [7, 11) is 0. The average Bonchev–Trinajstić information content (AvgIpc) is 2.92. The van der Waals surface area contributed by atoms with E-state index in [1.807, 2.05) is 0 Å². The van der Waals surface area contributed by atoms with Gasteiger partial charge in [0.2, 0.25) is 0 Å². The number of nitrogens with zero attached hydrogens (tertiary/aromatic N) is 1. The van der Waals surface area contributed by atoms with Gasteiger partial charge >= 0.3 is 0 Å². The number of nitrogens with one attached hydrogen (secondary N) is 2. The summed E-state index contributed by atoms with van der Waals surface area (Å²) in [5.41, 5.74) is 4.76. The number of benzene rings is 1. The number of aryl methyl sites for hydroxylation is 2. The first-order chi connectivity index (χ1) is 11.5. The Balaban J connectivity index is 0.00000121. The van der Waals surface area contributed by atoms with Crippen LogP contribution in [0.25, 0.3) is 10.9 Å². The highest BCUT2D eigenvalue weighted by molar-refractivity contribution is 5.85. The molecule has 0 amide bonds. The first-order valence-electron chi connectivity index (χ1n) is 9.11. The SMILES string of the molecule is Cc1cc(C)c2[nH]c(=O)c(CN3CCC4(CCCNC4)C3)cc2c1.Cl.Cl. The zero-order valence-corrected chi connectivity index (χ0v) is 17.2. The molecule has 4 nitrogen and oxygen atoms in total. The van der Waals surface area contributed by atoms with Crippen molar-refractivity contribution in [3.05, 3.63) is 45.2 Å². The third-order valence-electron chi connectivity index (χ3n) is 5.84. The number of halogens is 2. The summed E-state index contributed by atoms with van der Waals surface area (Å²) >= 11 is 0. The molecule has 1 unspecified atom stereocenters. The summed E-state index contributed by atoms with van der Waals surface area (Å²) in [6.45, 7) is 9.44. The molecule has 6 heteroatoms. The molecule has 0 radical (unpaired) electrons. The second-order valence-corrected chi connectivity index (χ2v) is 7.91. The van der Waals surface area contributed by atoms with Gasteiger partial charge in [-0.25, -0.2) is 0 Å². The lowest BCUT2D eigenvalue weighted by Gasteiger charge is -2.34. The molecule has 1 aromatic carbocycles. The largest absolute Gasteiger partial charge is 0.321 e. The summed E-state index contributed by atoms with van der Waals surface area (Å²) < 4.78 is 0. The third-order valence-corrected chi connectivity index (χ3v) is 5.84. The van der Waals surface area contributed by atoms with E-state index < -0.39 is 0 Å². The van der Waals surface area contributed by atoms with Crippen LogP contribution in [0.2, 0.25) is 0 Å². The molecule has 2 aliphatic rings. The van der Waals surface area contributed by atoms with Gasteiger partial charge in [-0.15, -0.1) is 24.8 Å². The van der Waals surface area contributed by atoms with E-state index in [9.17, 15) is 4.79 Å². The predicted octanol–water partition coefficient (Wildman–Crippen LogP) is 3.56. The Morgan fingerprint density at radius 3 is 2.69 bits per heavy atom. The molecule has 1 spiro atoms. The standard InChI is InChI=1S/C20H27N3O.2ClH/c1-14-8-15(2)18-16(9-14)10-17(19(24)22-18)11-23-7-5-20(13-23)4-3-6-21-12-20;;/h8-10,21H,3-7,11-13H2,1-2H3,(H,22,24);2*1H. The fourth-order valence-electron chi connectivity index (χ4n) is 4.63. The van der Waals surface area contributed by atoms with E-state index in [0.717, 1.165) is 54.8 Å². The van der Waals surface area contributed by atoms with E-state index in [-0.39, 0.29) is 30.4 Å². The second-order valence-electron chi connectivity index (χ2n) is 7.91. The molecular formula is C20H29Cl2N3O. The molecule has 26 heavy (non-hydrogen) atoms. The highest BCUT2D eigenvalue weighted by atomic mass is 35.5. The Morgan fingerprint density at radius 2 is 1.96 bits per heavy atom. The van der Waals surface area contributed by atoms with Crippen LogP contribution < -0.4 is 10.9 Å². The minimum Gasteiger partial charge on any atom is -0.321 e. The molecule has 0 saturated carbocycles. The highest BCUT2D eigenvalue weighted by Crippen LogP contribution is 2.36. The number of piperidine rings is 1. The van der Waals surface area contributed by atoms with E-state index >= 15 is 0 Å². The van der Waals surface area contributed by atoms with Crippen LogP contribution >= 0.6 is 24.8 Å². The van der Waals surface area contributed by atoms with Crippen molar-refractivity contribution in [1.82, 2.24) is 15.2 Å².